The van der Waals surface area contributed by atoms with Gasteiger partial charge in [0.05, 0.1) is 0 Å². The Morgan fingerprint density at radius 2 is 1.56 bits per heavy atom. The summed E-state index contributed by atoms with van der Waals surface area (Å²) in [5.74, 6) is 0.924. The first-order chi connectivity index (χ1) is 3.88. The van der Waals surface area contributed by atoms with Crippen molar-refractivity contribution in [2.75, 3.05) is 0 Å². The van der Waals surface area contributed by atoms with E-state index in [2.05, 4.69) is 34.6 Å². The molecular formula is C9H18. The molecule has 1 rings (SSSR count). The van der Waals surface area contributed by atoms with Crippen LogP contribution in [0.25, 0.3) is 0 Å². The molecule has 1 saturated carbocycles. The van der Waals surface area contributed by atoms with Crippen molar-refractivity contribution in [1.82, 2.24) is 0 Å². The number of rotatable bonds is 0. The Bertz CT molecular complexity index is 120. The molecule has 1 fully saturated rings. The third-order valence-electron chi connectivity index (χ3n) is 3.79. The lowest BCUT2D eigenvalue weighted by Crippen LogP contribution is -2.49. The van der Waals surface area contributed by atoms with Gasteiger partial charge in [0, 0.05) is 0 Å². The zero-order chi connectivity index (χ0) is 7.28. The van der Waals surface area contributed by atoms with Gasteiger partial charge in [-0.05, 0) is 23.2 Å². The van der Waals surface area contributed by atoms with Crippen molar-refractivity contribution in [3.8, 4) is 0 Å². The second-order valence-corrected chi connectivity index (χ2v) is 4.71. The predicted molar refractivity (Wildman–Crippen MR) is 41.3 cm³/mol. The molecule has 0 nitrogen and oxygen atoms in total. The maximum absolute atomic E-state index is 2.38. The molecule has 1 aliphatic rings. The lowest BCUT2D eigenvalue weighted by molar-refractivity contribution is -0.0833. The predicted octanol–water partition coefficient (Wildman–Crippen LogP) is 3.08. The molecule has 9 heavy (non-hydrogen) atoms. The molecule has 0 aromatic heterocycles. The largest absolute Gasteiger partial charge is 0.0620 e. The summed E-state index contributed by atoms with van der Waals surface area (Å²) in [6.45, 7) is 11.8. The molecule has 0 radical (unpaired) electrons. The van der Waals surface area contributed by atoms with Crippen LogP contribution in [0, 0.1) is 16.7 Å². The molecule has 0 N–H and O–H groups in total. The first-order valence-electron chi connectivity index (χ1n) is 3.88. The van der Waals surface area contributed by atoms with Crippen LogP contribution in [-0.2, 0) is 0 Å². The second-order valence-electron chi connectivity index (χ2n) is 4.71. The highest BCUT2D eigenvalue weighted by molar-refractivity contribution is 5.00. The summed E-state index contributed by atoms with van der Waals surface area (Å²) in [6.07, 6.45) is 1.40. The molecule has 0 aromatic rings. The van der Waals surface area contributed by atoms with Crippen LogP contribution in [0.4, 0.5) is 0 Å². The smallest absolute Gasteiger partial charge is 0.0277 e. The lowest BCUT2D eigenvalue weighted by atomic mass is 9.47. The van der Waals surface area contributed by atoms with E-state index in [1.165, 1.54) is 6.42 Å². The average Bonchev–Trinajstić information content (AvgIpc) is 1.65. The van der Waals surface area contributed by atoms with Crippen molar-refractivity contribution >= 4 is 0 Å². The summed E-state index contributed by atoms with van der Waals surface area (Å²) in [6, 6.07) is 0. The normalized spacial score (nSPS) is 37.7. The van der Waals surface area contributed by atoms with E-state index in [-0.39, 0.29) is 0 Å². The zero-order valence-corrected chi connectivity index (χ0v) is 7.28. The van der Waals surface area contributed by atoms with Crippen LogP contribution in [0.2, 0.25) is 0 Å². The SMILES string of the molecule is CC1CC(C)(C)C1(C)C. The van der Waals surface area contributed by atoms with Crippen molar-refractivity contribution in [1.29, 1.82) is 0 Å². The van der Waals surface area contributed by atoms with Crippen molar-refractivity contribution in [3.05, 3.63) is 0 Å². The van der Waals surface area contributed by atoms with Gasteiger partial charge in [0.25, 0.3) is 0 Å². The molecular weight excluding hydrogens is 108 g/mol. The maximum atomic E-state index is 2.38. The highest BCUT2D eigenvalue weighted by Crippen LogP contribution is 2.59. The lowest BCUT2D eigenvalue weighted by Gasteiger charge is -2.58. The zero-order valence-electron chi connectivity index (χ0n) is 7.28. The highest BCUT2D eigenvalue weighted by atomic mass is 14.6. The van der Waals surface area contributed by atoms with Crippen LogP contribution in [0.1, 0.15) is 41.0 Å². The Morgan fingerprint density at radius 1 is 1.11 bits per heavy atom. The van der Waals surface area contributed by atoms with Gasteiger partial charge >= 0.3 is 0 Å². The van der Waals surface area contributed by atoms with E-state index in [0.29, 0.717) is 10.8 Å². The first kappa shape index (κ1) is 7.11. The quantitative estimate of drug-likeness (QED) is 0.468. The van der Waals surface area contributed by atoms with E-state index >= 15 is 0 Å². The minimum Gasteiger partial charge on any atom is -0.0620 e. The van der Waals surface area contributed by atoms with Crippen molar-refractivity contribution < 1.29 is 0 Å². The van der Waals surface area contributed by atoms with Crippen LogP contribution >= 0.6 is 0 Å². The van der Waals surface area contributed by atoms with Gasteiger partial charge in [-0.1, -0.05) is 34.6 Å². The molecule has 1 aliphatic carbocycles. The van der Waals surface area contributed by atoms with Crippen molar-refractivity contribution in [2.45, 2.75) is 41.0 Å². The van der Waals surface area contributed by atoms with Gasteiger partial charge in [0.15, 0.2) is 0 Å². The van der Waals surface area contributed by atoms with Gasteiger partial charge < -0.3 is 0 Å². The molecule has 0 bridgehead atoms. The molecule has 0 spiro atoms. The Balaban J connectivity index is 2.70. The van der Waals surface area contributed by atoms with Crippen LogP contribution in [0.5, 0.6) is 0 Å². The Labute approximate surface area is 58.7 Å². The molecule has 54 valence electrons. The fourth-order valence-corrected chi connectivity index (χ4v) is 1.82. The molecule has 0 heteroatoms. The Hall–Kier alpha value is 0. The minimum absolute atomic E-state index is 0.576. The Morgan fingerprint density at radius 3 is 1.56 bits per heavy atom. The van der Waals surface area contributed by atoms with E-state index in [9.17, 15) is 0 Å². The van der Waals surface area contributed by atoms with E-state index in [4.69, 9.17) is 0 Å². The minimum atomic E-state index is 0.576. The average molecular weight is 126 g/mol. The van der Waals surface area contributed by atoms with Crippen LogP contribution < -0.4 is 0 Å². The highest BCUT2D eigenvalue weighted by Gasteiger charge is 2.51. The fraction of sp³-hybridized carbons (Fsp3) is 1.00. The standard InChI is InChI=1S/C9H18/c1-7-6-8(2,3)9(7,4)5/h7H,6H2,1-5H3. The monoisotopic (exact) mass is 126 g/mol. The maximum Gasteiger partial charge on any atom is -0.0277 e. The van der Waals surface area contributed by atoms with Gasteiger partial charge in [-0.15, -0.1) is 0 Å². The third-order valence-corrected chi connectivity index (χ3v) is 3.79. The topological polar surface area (TPSA) is 0 Å². The Kier molecular flexibility index (Phi) is 1.21. The molecule has 0 aromatic carbocycles. The number of hydrogen-bond acceptors (Lipinski definition) is 0. The van der Waals surface area contributed by atoms with Crippen molar-refractivity contribution in [2.24, 2.45) is 16.7 Å². The van der Waals surface area contributed by atoms with Crippen LogP contribution in [-0.4, -0.2) is 0 Å². The van der Waals surface area contributed by atoms with E-state index in [1.807, 2.05) is 0 Å². The van der Waals surface area contributed by atoms with Gasteiger partial charge in [0.1, 0.15) is 0 Å². The first-order valence-corrected chi connectivity index (χ1v) is 3.88. The van der Waals surface area contributed by atoms with Gasteiger partial charge in [-0.3, -0.25) is 0 Å². The third kappa shape index (κ3) is 0.720. The van der Waals surface area contributed by atoms with E-state index in [0.717, 1.165) is 5.92 Å². The summed E-state index contributed by atoms with van der Waals surface area (Å²) in [5, 5.41) is 0. The summed E-state index contributed by atoms with van der Waals surface area (Å²) < 4.78 is 0. The van der Waals surface area contributed by atoms with Crippen LogP contribution in [0.3, 0.4) is 0 Å². The van der Waals surface area contributed by atoms with Crippen molar-refractivity contribution in [3.63, 3.8) is 0 Å². The summed E-state index contributed by atoms with van der Waals surface area (Å²) in [5.41, 5.74) is 1.17. The summed E-state index contributed by atoms with van der Waals surface area (Å²) >= 11 is 0. The molecule has 0 heterocycles. The molecule has 0 amide bonds. The summed E-state index contributed by atoms with van der Waals surface area (Å²) in [7, 11) is 0. The van der Waals surface area contributed by atoms with Crippen LogP contribution in [0.15, 0.2) is 0 Å². The fourth-order valence-electron chi connectivity index (χ4n) is 1.82. The molecule has 0 aliphatic heterocycles. The number of hydrogen-bond donors (Lipinski definition) is 0. The second kappa shape index (κ2) is 1.53. The molecule has 1 atom stereocenters. The van der Waals surface area contributed by atoms with Gasteiger partial charge in [-0.2, -0.15) is 0 Å². The van der Waals surface area contributed by atoms with E-state index in [1.54, 1.807) is 0 Å². The van der Waals surface area contributed by atoms with Gasteiger partial charge in [0.2, 0.25) is 0 Å². The van der Waals surface area contributed by atoms with Gasteiger partial charge in [-0.25, -0.2) is 0 Å². The van der Waals surface area contributed by atoms with E-state index < -0.39 is 0 Å². The molecule has 1 unspecified atom stereocenters. The summed E-state index contributed by atoms with van der Waals surface area (Å²) in [4.78, 5) is 0. The molecule has 0 saturated heterocycles.